The Kier molecular flexibility index (Phi) is 4.80. The van der Waals surface area contributed by atoms with Crippen molar-refractivity contribution < 1.29 is 5.11 Å². The summed E-state index contributed by atoms with van der Waals surface area (Å²) in [6.07, 6.45) is 3.74. The Balaban J connectivity index is 2.67. The molecule has 0 spiro atoms. The Morgan fingerprint density at radius 1 is 1.19 bits per heavy atom. The largest absolute Gasteiger partial charge is 0.392 e. The number of hydrogen-bond acceptors (Lipinski definition) is 2. The van der Waals surface area contributed by atoms with E-state index in [2.05, 4.69) is 43.4 Å². The van der Waals surface area contributed by atoms with Gasteiger partial charge in [-0.05, 0) is 37.5 Å². The molecule has 0 aliphatic rings. The highest BCUT2D eigenvalue weighted by Crippen LogP contribution is 2.13. The van der Waals surface area contributed by atoms with Crippen LogP contribution < -0.4 is 5.32 Å². The zero-order valence-electron chi connectivity index (χ0n) is 10.1. The maximum atomic E-state index is 8.82. The van der Waals surface area contributed by atoms with Crippen LogP contribution >= 0.6 is 0 Å². The van der Waals surface area contributed by atoms with E-state index in [9.17, 15) is 0 Å². The van der Waals surface area contributed by atoms with Gasteiger partial charge in [-0.2, -0.15) is 0 Å². The second-order valence-electron chi connectivity index (χ2n) is 4.01. The van der Waals surface area contributed by atoms with Crippen molar-refractivity contribution in [1.29, 1.82) is 0 Å². The molecule has 0 atom stereocenters. The van der Waals surface area contributed by atoms with E-state index in [1.165, 1.54) is 16.7 Å². The van der Waals surface area contributed by atoms with Crippen LogP contribution in [0, 0.1) is 6.92 Å². The van der Waals surface area contributed by atoms with Crippen LogP contribution in [0.1, 0.15) is 25.0 Å². The maximum absolute atomic E-state index is 8.82. The van der Waals surface area contributed by atoms with Gasteiger partial charge in [-0.15, -0.1) is 0 Å². The molecule has 1 aromatic carbocycles. The van der Waals surface area contributed by atoms with Crippen molar-refractivity contribution in [3.63, 3.8) is 0 Å². The number of aliphatic hydroxyl groups excluding tert-OH is 1. The lowest BCUT2D eigenvalue weighted by molar-refractivity contribution is 0.331. The molecule has 2 nitrogen and oxygen atoms in total. The average molecular weight is 217 g/mol. The summed E-state index contributed by atoms with van der Waals surface area (Å²) in [4.78, 5) is 0. The molecule has 0 aliphatic carbocycles. The van der Waals surface area contributed by atoms with Gasteiger partial charge in [0.05, 0.1) is 6.61 Å². The zero-order valence-corrected chi connectivity index (χ0v) is 10.1. The van der Waals surface area contributed by atoms with Crippen LogP contribution in [0.2, 0.25) is 0 Å². The molecule has 0 fully saturated rings. The summed E-state index contributed by atoms with van der Waals surface area (Å²) < 4.78 is 0. The maximum Gasteiger partial charge on any atom is 0.0656 e. The molecule has 0 amide bonds. The summed E-state index contributed by atoms with van der Waals surface area (Å²) >= 11 is 0. The van der Waals surface area contributed by atoms with Gasteiger partial charge >= 0.3 is 0 Å². The smallest absolute Gasteiger partial charge is 0.0656 e. The molecule has 0 bridgehead atoms. The monoisotopic (exact) mass is 217 g/mol. The lowest BCUT2D eigenvalue weighted by atomic mass is 10.1. The third-order valence-corrected chi connectivity index (χ3v) is 2.39. The first-order valence-corrected chi connectivity index (χ1v) is 5.40. The predicted molar refractivity (Wildman–Crippen MR) is 68.8 cm³/mol. The summed E-state index contributed by atoms with van der Waals surface area (Å²) in [6, 6.07) is 8.40. The molecular weight excluding hydrogens is 198 g/mol. The molecule has 86 valence electrons. The predicted octanol–water partition coefficient (Wildman–Crippen LogP) is 2.84. The van der Waals surface area contributed by atoms with Crippen molar-refractivity contribution in [1.82, 2.24) is 5.32 Å². The van der Waals surface area contributed by atoms with E-state index in [0.29, 0.717) is 0 Å². The van der Waals surface area contributed by atoms with E-state index in [0.717, 1.165) is 5.57 Å². The highest BCUT2D eigenvalue weighted by molar-refractivity contribution is 5.63. The van der Waals surface area contributed by atoms with Crippen LogP contribution in [0.4, 0.5) is 0 Å². The summed E-state index contributed by atoms with van der Waals surface area (Å²) in [5.41, 5.74) is 4.55. The molecule has 2 heteroatoms. The molecule has 1 rings (SSSR count). The van der Waals surface area contributed by atoms with Crippen molar-refractivity contribution in [2.45, 2.75) is 20.8 Å². The van der Waals surface area contributed by atoms with Crippen molar-refractivity contribution in [3.05, 3.63) is 53.4 Å². The second-order valence-corrected chi connectivity index (χ2v) is 4.01. The van der Waals surface area contributed by atoms with Gasteiger partial charge in [-0.3, -0.25) is 0 Å². The van der Waals surface area contributed by atoms with Crippen LogP contribution in [0.15, 0.2) is 42.2 Å². The Morgan fingerprint density at radius 3 is 2.38 bits per heavy atom. The van der Waals surface area contributed by atoms with Gasteiger partial charge < -0.3 is 10.4 Å². The normalized spacial score (nSPS) is 12.8. The van der Waals surface area contributed by atoms with Crippen molar-refractivity contribution >= 4 is 5.57 Å². The standard InChI is InChI=1S/C14H19NO/c1-11-4-6-14(7-5-11)13(3)9-15-8-12(2)10-16/h4-9,15-16H,10H2,1-3H3/b12-8+,13-9+. The Morgan fingerprint density at radius 2 is 1.81 bits per heavy atom. The number of aliphatic hydroxyl groups is 1. The van der Waals surface area contributed by atoms with Crippen LogP contribution in [-0.2, 0) is 0 Å². The molecular formula is C14H19NO. The lowest BCUT2D eigenvalue weighted by Gasteiger charge is -2.03. The second kappa shape index (κ2) is 6.13. The van der Waals surface area contributed by atoms with E-state index in [-0.39, 0.29) is 6.61 Å². The Labute approximate surface area is 97.3 Å². The molecule has 0 aromatic heterocycles. The molecule has 0 saturated heterocycles. The first-order chi connectivity index (χ1) is 7.63. The quantitative estimate of drug-likeness (QED) is 0.812. The number of benzene rings is 1. The van der Waals surface area contributed by atoms with E-state index < -0.39 is 0 Å². The molecule has 1 aromatic rings. The fourth-order valence-electron chi connectivity index (χ4n) is 1.25. The SMILES string of the molecule is C/C(=C\N/C=C(\C)c1ccc(C)cc1)CO. The van der Waals surface area contributed by atoms with E-state index >= 15 is 0 Å². The Bertz CT molecular complexity index is 388. The topological polar surface area (TPSA) is 32.3 Å². The van der Waals surface area contributed by atoms with Crippen LogP contribution in [0.5, 0.6) is 0 Å². The highest BCUT2D eigenvalue weighted by Gasteiger charge is 1.93. The van der Waals surface area contributed by atoms with Crippen molar-refractivity contribution in [2.75, 3.05) is 6.61 Å². The van der Waals surface area contributed by atoms with E-state index in [1.54, 1.807) is 6.20 Å². The third kappa shape index (κ3) is 3.91. The zero-order chi connectivity index (χ0) is 12.0. The third-order valence-electron chi connectivity index (χ3n) is 2.39. The van der Waals surface area contributed by atoms with Crippen LogP contribution in [0.3, 0.4) is 0 Å². The van der Waals surface area contributed by atoms with Crippen LogP contribution in [-0.4, -0.2) is 11.7 Å². The summed E-state index contributed by atoms with van der Waals surface area (Å²) in [5, 5.41) is 11.9. The average Bonchev–Trinajstić information content (AvgIpc) is 2.29. The van der Waals surface area contributed by atoms with Crippen LogP contribution in [0.25, 0.3) is 5.57 Å². The number of rotatable bonds is 4. The fraction of sp³-hybridized carbons (Fsp3) is 0.286. The number of allylic oxidation sites excluding steroid dienone is 1. The van der Waals surface area contributed by atoms with Gasteiger partial charge in [0.1, 0.15) is 0 Å². The van der Waals surface area contributed by atoms with Gasteiger partial charge in [0, 0.05) is 12.4 Å². The van der Waals surface area contributed by atoms with Crippen molar-refractivity contribution in [2.24, 2.45) is 0 Å². The minimum absolute atomic E-state index is 0.0877. The fourth-order valence-corrected chi connectivity index (χ4v) is 1.25. The molecule has 0 aliphatic heterocycles. The number of nitrogens with one attached hydrogen (secondary N) is 1. The molecule has 0 radical (unpaired) electrons. The molecule has 0 heterocycles. The molecule has 0 saturated carbocycles. The highest BCUT2D eigenvalue weighted by atomic mass is 16.3. The van der Waals surface area contributed by atoms with Gasteiger partial charge in [0.15, 0.2) is 0 Å². The first-order valence-electron chi connectivity index (χ1n) is 5.40. The van der Waals surface area contributed by atoms with Gasteiger partial charge in [0.2, 0.25) is 0 Å². The van der Waals surface area contributed by atoms with E-state index in [1.807, 2.05) is 13.1 Å². The minimum Gasteiger partial charge on any atom is -0.392 e. The summed E-state index contributed by atoms with van der Waals surface area (Å²) in [7, 11) is 0. The lowest BCUT2D eigenvalue weighted by Crippen LogP contribution is -1.98. The summed E-state index contributed by atoms with van der Waals surface area (Å²) in [5.74, 6) is 0. The minimum atomic E-state index is 0.0877. The Hall–Kier alpha value is -1.54. The van der Waals surface area contributed by atoms with Gasteiger partial charge in [-0.1, -0.05) is 29.8 Å². The number of hydrogen-bond donors (Lipinski definition) is 2. The number of aryl methyl sites for hydroxylation is 1. The summed E-state index contributed by atoms with van der Waals surface area (Å²) in [6.45, 7) is 6.10. The van der Waals surface area contributed by atoms with Gasteiger partial charge in [0.25, 0.3) is 0 Å². The molecule has 0 unspecified atom stereocenters. The van der Waals surface area contributed by atoms with Gasteiger partial charge in [-0.25, -0.2) is 0 Å². The van der Waals surface area contributed by atoms with Crippen molar-refractivity contribution in [3.8, 4) is 0 Å². The molecule has 2 N–H and O–H groups in total. The van der Waals surface area contributed by atoms with E-state index in [4.69, 9.17) is 5.11 Å². The molecule has 16 heavy (non-hydrogen) atoms. The first kappa shape index (κ1) is 12.5.